The van der Waals surface area contributed by atoms with Crippen molar-refractivity contribution in [3.05, 3.63) is 23.8 Å². The Bertz CT molecular complexity index is 609. The van der Waals surface area contributed by atoms with Gasteiger partial charge in [-0.25, -0.2) is 0 Å². The Morgan fingerprint density at radius 1 is 1.40 bits per heavy atom. The first-order valence-corrected chi connectivity index (χ1v) is 6.84. The molecule has 0 saturated carbocycles. The van der Waals surface area contributed by atoms with Crippen LogP contribution in [0.1, 0.15) is 12.5 Å². The van der Waals surface area contributed by atoms with E-state index in [4.69, 9.17) is 0 Å². The molecule has 0 amide bonds. The number of aromatic nitrogens is 3. The molecule has 2 aromatic rings. The Balaban J connectivity index is 1.84. The van der Waals surface area contributed by atoms with Gasteiger partial charge in [0, 0.05) is 31.2 Å². The molecule has 0 bridgehead atoms. The second kappa shape index (κ2) is 5.13. The molecule has 2 heterocycles. The van der Waals surface area contributed by atoms with Crippen molar-refractivity contribution >= 4 is 5.95 Å². The van der Waals surface area contributed by atoms with Crippen molar-refractivity contribution < 1.29 is 5.11 Å². The highest BCUT2D eigenvalue weighted by molar-refractivity contribution is 5.60. The SMILES string of the molecule is Cc1ccc(-c2nc(N3CCNC(C)C3)n[nH]2)cc1O. The number of rotatable bonds is 2. The van der Waals surface area contributed by atoms with Crippen molar-refractivity contribution in [2.75, 3.05) is 24.5 Å². The summed E-state index contributed by atoms with van der Waals surface area (Å²) in [6, 6.07) is 5.95. The van der Waals surface area contributed by atoms with Gasteiger partial charge in [0.1, 0.15) is 5.75 Å². The lowest BCUT2D eigenvalue weighted by molar-refractivity contribution is 0.471. The second-order valence-corrected chi connectivity index (χ2v) is 5.29. The van der Waals surface area contributed by atoms with Crippen LogP contribution in [0.5, 0.6) is 5.75 Å². The first-order valence-electron chi connectivity index (χ1n) is 6.84. The maximum Gasteiger partial charge on any atom is 0.245 e. The van der Waals surface area contributed by atoms with E-state index in [2.05, 4.69) is 32.3 Å². The summed E-state index contributed by atoms with van der Waals surface area (Å²) in [6.07, 6.45) is 0. The van der Waals surface area contributed by atoms with Crippen molar-refractivity contribution in [1.29, 1.82) is 0 Å². The first-order chi connectivity index (χ1) is 9.63. The maximum absolute atomic E-state index is 9.77. The lowest BCUT2D eigenvalue weighted by atomic mass is 10.1. The van der Waals surface area contributed by atoms with Crippen LogP contribution >= 0.6 is 0 Å². The summed E-state index contributed by atoms with van der Waals surface area (Å²) >= 11 is 0. The summed E-state index contributed by atoms with van der Waals surface area (Å²) in [5, 5.41) is 20.4. The van der Waals surface area contributed by atoms with Gasteiger partial charge in [0.2, 0.25) is 5.95 Å². The Hall–Kier alpha value is -2.08. The minimum atomic E-state index is 0.274. The Morgan fingerprint density at radius 3 is 3.00 bits per heavy atom. The number of aromatic amines is 1. The Labute approximate surface area is 117 Å². The van der Waals surface area contributed by atoms with Gasteiger partial charge < -0.3 is 15.3 Å². The number of hydrogen-bond acceptors (Lipinski definition) is 5. The zero-order chi connectivity index (χ0) is 14.1. The van der Waals surface area contributed by atoms with Gasteiger partial charge in [0.05, 0.1) is 0 Å². The minimum absolute atomic E-state index is 0.274. The van der Waals surface area contributed by atoms with Crippen molar-refractivity contribution in [3.63, 3.8) is 0 Å². The topological polar surface area (TPSA) is 77.1 Å². The normalized spacial score (nSPS) is 19.3. The fraction of sp³-hybridized carbons (Fsp3) is 0.429. The molecule has 1 aromatic carbocycles. The number of nitrogens with one attached hydrogen (secondary N) is 2. The standard InChI is InChI=1S/C14H19N5O/c1-9-3-4-11(7-12(9)20)13-16-14(18-17-13)19-6-5-15-10(2)8-19/h3-4,7,10,15,20H,5-6,8H2,1-2H3,(H,16,17,18). The molecule has 6 heteroatoms. The molecule has 3 N–H and O–H groups in total. The van der Waals surface area contributed by atoms with Gasteiger partial charge in [-0.2, -0.15) is 4.98 Å². The third-order valence-corrected chi connectivity index (χ3v) is 3.61. The maximum atomic E-state index is 9.77. The van der Waals surface area contributed by atoms with Crippen LogP contribution in [0.2, 0.25) is 0 Å². The molecule has 1 fully saturated rings. The van der Waals surface area contributed by atoms with Crippen molar-refractivity contribution in [3.8, 4) is 17.1 Å². The first kappa shape index (κ1) is 12.9. The van der Waals surface area contributed by atoms with Crippen molar-refractivity contribution in [2.24, 2.45) is 0 Å². The number of aromatic hydroxyl groups is 1. The lowest BCUT2D eigenvalue weighted by Gasteiger charge is -2.30. The van der Waals surface area contributed by atoms with Gasteiger partial charge >= 0.3 is 0 Å². The largest absolute Gasteiger partial charge is 0.508 e. The number of H-pyrrole nitrogens is 1. The molecule has 0 radical (unpaired) electrons. The van der Waals surface area contributed by atoms with Crippen LogP contribution in [-0.4, -0.2) is 46.0 Å². The molecule has 0 spiro atoms. The van der Waals surface area contributed by atoms with Crippen LogP contribution in [0.15, 0.2) is 18.2 Å². The van der Waals surface area contributed by atoms with E-state index >= 15 is 0 Å². The van der Waals surface area contributed by atoms with E-state index in [0.29, 0.717) is 17.8 Å². The number of anilines is 1. The fourth-order valence-corrected chi connectivity index (χ4v) is 2.39. The van der Waals surface area contributed by atoms with E-state index in [1.807, 2.05) is 19.1 Å². The monoisotopic (exact) mass is 273 g/mol. The van der Waals surface area contributed by atoms with E-state index in [0.717, 1.165) is 30.8 Å². The third-order valence-electron chi connectivity index (χ3n) is 3.61. The van der Waals surface area contributed by atoms with E-state index in [1.165, 1.54) is 0 Å². The molecular formula is C14H19N5O. The van der Waals surface area contributed by atoms with Gasteiger partial charge in [-0.1, -0.05) is 12.1 Å². The van der Waals surface area contributed by atoms with Gasteiger partial charge in [-0.05, 0) is 25.5 Å². The number of phenolic OH excluding ortho intramolecular Hbond substituents is 1. The summed E-state index contributed by atoms with van der Waals surface area (Å²) in [5.74, 6) is 1.67. The predicted molar refractivity (Wildman–Crippen MR) is 77.9 cm³/mol. The van der Waals surface area contributed by atoms with Gasteiger partial charge in [0.15, 0.2) is 5.82 Å². The molecule has 6 nitrogen and oxygen atoms in total. The van der Waals surface area contributed by atoms with E-state index in [1.54, 1.807) is 6.07 Å². The number of benzene rings is 1. The molecule has 20 heavy (non-hydrogen) atoms. The minimum Gasteiger partial charge on any atom is -0.508 e. The predicted octanol–water partition coefficient (Wildman–Crippen LogP) is 1.28. The molecule has 1 aromatic heterocycles. The van der Waals surface area contributed by atoms with Crippen LogP contribution in [0.3, 0.4) is 0 Å². The Morgan fingerprint density at radius 2 is 2.25 bits per heavy atom. The van der Waals surface area contributed by atoms with Crippen LogP contribution in [0.25, 0.3) is 11.4 Å². The quantitative estimate of drug-likeness (QED) is 0.768. The summed E-state index contributed by atoms with van der Waals surface area (Å²) < 4.78 is 0. The van der Waals surface area contributed by atoms with Crippen molar-refractivity contribution in [2.45, 2.75) is 19.9 Å². The summed E-state index contributed by atoms with van der Waals surface area (Å²) in [6.45, 7) is 6.76. The smallest absolute Gasteiger partial charge is 0.245 e. The summed E-state index contributed by atoms with van der Waals surface area (Å²) in [4.78, 5) is 6.69. The zero-order valence-electron chi connectivity index (χ0n) is 11.7. The Kier molecular flexibility index (Phi) is 3.31. The van der Waals surface area contributed by atoms with Crippen molar-refractivity contribution in [1.82, 2.24) is 20.5 Å². The van der Waals surface area contributed by atoms with Crippen LogP contribution < -0.4 is 10.2 Å². The molecule has 1 aliphatic rings. The van der Waals surface area contributed by atoms with Crippen LogP contribution in [0.4, 0.5) is 5.95 Å². The molecule has 1 saturated heterocycles. The van der Waals surface area contributed by atoms with E-state index < -0.39 is 0 Å². The highest BCUT2D eigenvalue weighted by atomic mass is 16.3. The highest BCUT2D eigenvalue weighted by Crippen LogP contribution is 2.24. The molecular weight excluding hydrogens is 254 g/mol. The average molecular weight is 273 g/mol. The molecule has 106 valence electrons. The summed E-state index contributed by atoms with van der Waals surface area (Å²) in [7, 11) is 0. The molecule has 0 aliphatic carbocycles. The summed E-state index contributed by atoms with van der Waals surface area (Å²) in [5.41, 5.74) is 1.69. The number of aryl methyl sites for hydroxylation is 1. The number of phenols is 1. The molecule has 3 rings (SSSR count). The van der Waals surface area contributed by atoms with Crippen LogP contribution in [-0.2, 0) is 0 Å². The fourth-order valence-electron chi connectivity index (χ4n) is 2.39. The van der Waals surface area contributed by atoms with Gasteiger partial charge in [0.25, 0.3) is 0 Å². The van der Waals surface area contributed by atoms with E-state index in [9.17, 15) is 5.11 Å². The average Bonchev–Trinajstić information content (AvgIpc) is 2.92. The molecule has 1 atom stereocenters. The zero-order valence-corrected chi connectivity index (χ0v) is 11.7. The van der Waals surface area contributed by atoms with Gasteiger partial charge in [-0.3, -0.25) is 5.10 Å². The second-order valence-electron chi connectivity index (χ2n) is 5.29. The highest BCUT2D eigenvalue weighted by Gasteiger charge is 2.19. The third kappa shape index (κ3) is 2.46. The van der Waals surface area contributed by atoms with E-state index in [-0.39, 0.29) is 5.75 Å². The molecule has 1 unspecified atom stereocenters. The lowest BCUT2D eigenvalue weighted by Crippen LogP contribution is -2.49. The van der Waals surface area contributed by atoms with Gasteiger partial charge in [-0.15, -0.1) is 5.10 Å². The number of hydrogen-bond donors (Lipinski definition) is 3. The number of nitrogens with zero attached hydrogens (tertiary/aromatic N) is 3. The van der Waals surface area contributed by atoms with Crippen LogP contribution in [0, 0.1) is 6.92 Å². The molecule has 1 aliphatic heterocycles. The number of piperazine rings is 1.